The molecule has 0 bridgehead atoms. The van der Waals surface area contributed by atoms with Gasteiger partial charge in [-0.2, -0.15) is 0 Å². The Morgan fingerprint density at radius 3 is 2.76 bits per heavy atom. The van der Waals surface area contributed by atoms with Crippen LogP contribution in [0.5, 0.6) is 0 Å². The molecule has 0 atom stereocenters. The van der Waals surface area contributed by atoms with Gasteiger partial charge >= 0.3 is 0 Å². The number of H-pyrrole nitrogens is 1. The summed E-state index contributed by atoms with van der Waals surface area (Å²) in [4.78, 5) is 32.6. The quantitative estimate of drug-likeness (QED) is 0.769. The molecule has 0 aliphatic carbocycles. The first-order valence-corrected chi connectivity index (χ1v) is 8.48. The van der Waals surface area contributed by atoms with E-state index in [1.165, 1.54) is 0 Å². The number of halogens is 1. The molecular formula is C17H17ClN6O. The van der Waals surface area contributed by atoms with Gasteiger partial charge in [0, 0.05) is 43.6 Å². The normalized spacial score (nSPS) is 15.6. The molecule has 0 amide bonds. The number of nitrogens with one attached hydrogen (secondary N) is 1. The molecule has 1 fully saturated rings. The Hall–Kier alpha value is -2.51. The van der Waals surface area contributed by atoms with Crippen molar-refractivity contribution in [2.75, 3.05) is 31.1 Å². The average Bonchev–Trinajstić information content (AvgIpc) is 2.64. The monoisotopic (exact) mass is 356 g/mol. The van der Waals surface area contributed by atoms with E-state index in [2.05, 4.69) is 29.7 Å². The first-order chi connectivity index (χ1) is 12.2. The predicted octanol–water partition coefficient (Wildman–Crippen LogP) is 1.69. The second kappa shape index (κ2) is 6.78. The van der Waals surface area contributed by atoms with Crippen LogP contribution < -0.4 is 10.5 Å². The number of benzene rings is 1. The topological polar surface area (TPSA) is 78.0 Å². The Labute approximate surface area is 149 Å². The summed E-state index contributed by atoms with van der Waals surface area (Å²) in [5, 5.41) is 1.05. The van der Waals surface area contributed by atoms with Gasteiger partial charge < -0.3 is 9.88 Å². The summed E-state index contributed by atoms with van der Waals surface area (Å²) in [6.45, 7) is 4.10. The number of piperazine rings is 1. The number of hydrogen-bond donors (Lipinski definition) is 1. The Balaban J connectivity index is 1.46. The van der Waals surface area contributed by atoms with Crippen LogP contribution in [0.25, 0.3) is 10.9 Å². The minimum Gasteiger partial charge on any atom is -0.353 e. The van der Waals surface area contributed by atoms with Gasteiger partial charge in [-0.25, -0.2) is 9.97 Å². The van der Waals surface area contributed by atoms with Gasteiger partial charge in [0.2, 0.25) is 0 Å². The molecule has 128 valence electrons. The van der Waals surface area contributed by atoms with E-state index >= 15 is 0 Å². The molecule has 0 radical (unpaired) electrons. The average molecular weight is 357 g/mol. The van der Waals surface area contributed by atoms with E-state index in [1.54, 1.807) is 36.8 Å². The molecule has 1 aliphatic rings. The Kier molecular flexibility index (Phi) is 4.33. The number of aromatic nitrogens is 4. The molecule has 0 spiro atoms. The number of fused-ring (bicyclic) bond motifs is 1. The second-order valence-corrected chi connectivity index (χ2v) is 6.44. The smallest absolute Gasteiger partial charge is 0.258 e. The summed E-state index contributed by atoms with van der Waals surface area (Å²) in [5.41, 5.74) is 0.516. The fourth-order valence-corrected chi connectivity index (χ4v) is 3.21. The van der Waals surface area contributed by atoms with E-state index in [1.807, 2.05) is 0 Å². The maximum Gasteiger partial charge on any atom is 0.258 e. The lowest BCUT2D eigenvalue weighted by Crippen LogP contribution is -2.46. The minimum absolute atomic E-state index is 0.152. The number of anilines is 1. The molecular weight excluding hydrogens is 340 g/mol. The van der Waals surface area contributed by atoms with Crippen LogP contribution in [0.2, 0.25) is 5.02 Å². The predicted molar refractivity (Wildman–Crippen MR) is 96.9 cm³/mol. The lowest BCUT2D eigenvalue weighted by atomic mass is 10.2. The van der Waals surface area contributed by atoms with Crippen LogP contribution >= 0.6 is 11.6 Å². The van der Waals surface area contributed by atoms with Crippen LogP contribution in [0.3, 0.4) is 0 Å². The van der Waals surface area contributed by atoms with Crippen LogP contribution in [0, 0.1) is 0 Å². The van der Waals surface area contributed by atoms with E-state index in [0.717, 1.165) is 32.0 Å². The van der Waals surface area contributed by atoms with Crippen LogP contribution in [-0.2, 0) is 6.54 Å². The molecule has 8 heteroatoms. The van der Waals surface area contributed by atoms with Gasteiger partial charge in [0.25, 0.3) is 5.56 Å². The third-order valence-corrected chi connectivity index (χ3v) is 4.57. The molecule has 3 aromatic rings. The fraction of sp³-hybridized carbons (Fsp3) is 0.294. The zero-order valence-corrected chi connectivity index (χ0v) is 14.3. The highest BCUT2D eigenvalue weighted by atomic mass is 35.5. The number of aromatic amines is 1. The molecule has 3 heterocycles. The summed E-state index contributed by atoms with van der Waals surface area (Å²) in [6.07, 6.45) is 5.16. The Bertz CT molecular complexity index is 937. The number of nitrogens with zero attached hydrogens (tertiary/aromatic N) is 5. The fourth-order valence-electron chi connectivity index (χ4n) is 3.04. The van der Waals surface area contributed by atoms with Crippen molar-refractivity contribution in [1.82, 2.24) is 24.8 Å². The van der Waals surface area contributed by atoms with Gasteiger partial charge in [-0.3, -0.25) is 14.7 Å². The van der Waals surface area contributed by atoms with E-state index in [4.69, 9.17) is 11.6 Å². The van der Waals surface area contributed by atoms with E-state index < -0.39 is 0 Å². The molecule has 1 saturated heterocycles. The molecule has 25 heavy (non-hydrogen) atoms. The first kappa shape index (κ1) is 16.0. The highest BCUT2D eigenvalue weighted by molar-refractivity contribution is 6.31. The Morgan fingerprint density at radius 1 is 1.16 bits per heavy atom. The largest absolute Gasteiger partial charge is 0.353 e. The van der Waals surface area contributed by atoms with Crippen molar-refractivity contribution in [1.29, 1.82) is 0 Å². The maximum atomic E-state index is 12.2. The molecule has 1 N–H and O–H groups in total. The molecule has 0 unspecified atom stereocenters. The van der Waals surface area contributed by atoms with Gasteiger partial charge in [0.1, 0.15) is 11.6 Å². The zero-order valence-electron chi connectivity index (χ0n) is 13.5. The summed E-state index contributed by atoms with van der Waals surface area (Å²) in [6, 6.07) is 5.17. The van der Waals surface area contributed by atoms with E-state index in [0.29, 0.717) is 28.3 Å². The van der Waals surface area contributed by atoms with Gasteiger partial charge in [-0.15, -0.1) is 0 Å². The molecule has 0 saturated carbocycles. The van der Waals surface area contributed by atoms with Gasteiger partial charge in [-0.05, 0) is 18.2 Å². The first-order valence-electron chi connectivity index (χ1n) is 8.11. The van der Waals surface area contributed by atoms with E-state index in [-0.39, 0.29) is 5.56 Å². The van der Waals surface area contributed by atoms with Crippen molar-refractivity contribution in [3.63, 3.8) is 0 Å². The second-order valence-electron chi connectivity index (χ2n) is 6.00. The number of hydrogen-bond acceptors (Lipinski definition) is 6. The summed E-state index contributed by atoms with van der Waals surface area (Å²) < 4.78 is 0. The van der Waals surface area contributed by atoms with Crippen molar-refractivity contribution in [2.24, 2.45) is 0 Å². The molecule has 1 aromatic carbocycles. The van der Waals surface area contributed by atoms with Crippen molar-refractivity contribution in [3.05, 3.63) is 58.0 Å². The highest BCUT2D eigenvalue weighted by Gasteiger charge is 2.19. The van der Waals surface area contributed by atoms with Gasteiger partial charge in [-0.1, -0.05) is 11.6 Å². The Morgan fingerprint density at radius 2 is 2.00 bits per heavy atom. The molecule has 4 rings (SSSR count). The third kappa shape index (κ3) is 3.47. The lowest BCUT2D eigenvalue weighted by molar-refractivity contribution is 0.243. The van der Waals surface area contributed by atoms with E-state index in [9.17, 15) is 4.79 Å². The molecule has 1 aliphatic heterocycles. The summed E-state index contributed by atoms with van der Waals surface area (Å²) in [5.74, 6) is 1.57. The summed E-state index contributed by atoms with van der Waals surface area (Å²) >= 11 is 5.95. The number of rotatable bonds is 3. The van der Waals surface area contributed by atoms with Gasteiger partial charge in [0.05, 0.1) is 23.6 Å². The highest BCUT2D eigenvalue weighted by Crippen LogP contribution is 2.16. The van der Waals surface area contributed by atoms with Gasteiger partial charge in [0.15, 0.2) is 0 Å². The molecule has 7 nitrogen and oxygen atoms in total. The van der Waals surface area contributed by atoms with Crippen molar-refractivity contribution < 1.29 is 0 Å². The van der Waals surface area contributed by atoms with Crippen LogP contribution in [0.4, 0.5) is 5.82 Å². The third-order valence-electron chi connectivity index (χ3n) is 4.34. The van der Waals surface area contributed by atoms with Crippen LogP contribution in [-0.4, -0.2) is 51.0 Å². The van der Waals surface area contributed by atoms with Crippen molar-refractivity contribution >= 4 is 28.3 Å². The van der Waals surface area contributed by atoms with Crippen LogP contribution in [0.1, 0.15) is 5.82 Å². The summed E-state index contributed by atoms with van der Waals surface area (Å²) in [7, 11) is 0. The standard InChI is InChI=1S/C17H17ClN6O/c18-12-1-2-14-13(9-12)17(25)22-15(21-14)11-23-5-7-24(8-6-23)16-10-19-3-4-20-16/h1-4,9-10H,5-8,11H2,(H,21,22,25). The van der Waals surface area contributed by atoms with Crippen molar-refractivity contribution in [3.8, 4) is 0 Å². The SMILES string of the molecule is O=c1[nH]c(CN2CCN(c3cnccn3)CC2)nc2ccc(Cl)cc12. The van der Waals surface area contributed by atoms with Crippen molar-refractivity contribution in [2.45, 2.75) is 6.54 Å². The maximum absolute atomic E-state index is 12.2. The minimum atomic E-state index is -0.152. The lowest BCUT2D eigenvalue weighted by Gasteiger charge is -2.34. The zero-order chi connectivity index (χ0) is 17.2. The molecule has 2 aromatic heterocycles. The van der Waals surface area contributed by atoms with Crippen LogP contribution in [0.15, 0.2) is 41.6 Å².